The maximum absolute atomic E-state index is 12.5. The number of rotatable bonds is 7. The molecular weight excluding hydrogens is 446 g/mol. The number of hydrogen-bond acceptors (Lipinski definition) is 7. The van der Waals surface area contributed by atoms with Gasteiger partial charge in [-0.25, -0.2) is 14.8 Å². The molecule has 1 fully saturated rings. The number of aryl methyl sites for hydroxylation is 1. The van der Waals surface area contributed by atoms with Gasteiger partial charge in [0.15, 0.2) is 11.5 Å². The van der Waals surface area contributed by atoms with Crippen molar-refractivity contribution in [3.8, 4) is 0 Å². The van der Waals surface area contributed by atoms with Crippen molar-refractivity contribution in [3.05, 3.63) is 42.4 Å². The quantitative estimate of drug-likeness (QED) is 0.400. The zero-order chi connectivity index (χ0) is 25.2. The second-order valence-electron chi connectivity index (χ2n) is 10.1. The molecule has 2 atom stereocenters. The van der Waals surface area contributed by atoms with Gasteiger partial charge in [0.25, 0.3) is 0 Å². The van der Waals surface area contributed by atoms with E-state index >= 15 is 0 Å². The largest absolute Gasteiger partial charge is 0.476 e. The van der Waals surface area contributed by atoms with Crippen molar-refractivity contribution in [2.75, 3.05) is 10.6 Å². The smallest absolute Gasteiger partial charge is 0.358 e. The van der Waals surface area contributed by atoms with Crippen LogP contribution in [0.3, 0.4) is 0 Å². The molecule has 0 aliphatic heterocycles. The lowest BCUT2D eigenvalue weighted by atomic mass is 9.82. The molecular formula is C26H33N5O4. The van der Waals surface area contributed by atoms with Crippen LogP contribution in [0, 0.1) is 5.92 Å². The number of esters is 1. The van der Waals surface area contributed by atoms with Crippen molar-refractivity contribution >= 4 is 40.2 Å². The molecule has 9 nitrogen and oxygen atoms in total. The van der Waals surface area contributed by atoms with Gasteiger partial charge in [-0.05, 0) is 57.7 Å². The minimum atomic E-state index is -1.16. The molecule has 3 N–H and O–H groups in total. The van der Waals surface area contributed by atoms with Gasteiger partial charge in [0, 0.05) is 35.9 Å². The predicted octanol–water partition coefficient (Wildman–Crippen LogP) is 5.11. The first-order valence-electron chi connectivity index (χ1n) is 12.0. The van der Waals surface area contributed by atoms with Crippen molar-refractivity contribution in [1.82, 2.24) is 14.5 Å². The minimum Gasteiger partial charge on any atom is -0.476 e. The topological polar surface area (TPSA) is 118 Å². The molecule has 0 bridgehead atoms. The highest BCUT2D eigenvalue weighted by molar-refractivity contribution is 5.97. The third kappa shape index (κ3) is 5.90. The van der Waals surface area contributed by atoms with E-state index < -0.39 is 11.6 Å². The van der Waals surface area contributed by atoms with Crippen molar-refractivity contribution < 1.29 is 19.4 Å². The summed E-state index contributed by atoms with van der Waals surface area (Å²) in [6.07, 6.45) is 7.63. The summed E-state index contributed by atoms with van der Waals surface area (Å²) in [7, 11) is 1.96. The summed E-state index contributed by atoms with van der Waals surface area (Å²) in [6.45, 7) is 5.60. The molecule has 35 heavy (non-hydrogen) atoms. The number of aromatic nitrogens is 3. The van der Waals surface area contributed by atoms with Crippen LogP contribution in [-0.4, -0.2) is 43.2 Å². The van der Waals surface area contributed by atoms with Gasteiger partial charge in [0.2, 0.25) is 0 Å². The molecule has 2 heterocycles. The van der Waals surface area contributed by atoms with Gasteiger partial charge in [-0.2, -0.15) is 0 Å². The minimum absolute atomic E-state index is 0.0200. The molecule has 3 aromatic rings. The van der Waals surface area contributed by atoms with Gasteiger partial charge in [-0.1, -0.05) is 18.9 Å². The number of carboxylic acid groups (broad SMARTS) is 1. The summed E-state index contributed by atoms with van der Waals surface area (Å²) in [4.78, 5) is 33.1. The van der Waals surface area contributed by atoms with Crippen molar-refractivity contribution in [2.24, 2.45) is 13.0 Å². The number of fused-ring (bicyclic) bond motifs is 1. The van der Waals surface area contributed by atoms with Crippen LogP contribution >= 0.6 is 0 Å². The van der Waals surface area contributed by atoms with E-state index in [-0.39, 0.29) is 29.4 Å². The van der Waals surface area contributed by atoms with E-state index in [1.807, 2.05) is 62.8 Å². The van der Waals surface area contributed by atoms with Crippen molar-refractivity contribution in [2.45, 2.75) is 64.5 Å². The molecule has 9 heteroatoms. The summed E-state index contributed by atoms with van der Waals surface area (Å²) in [6, 6.07) is 7.77. The number of benzene rings is 1. The molecule has 4 rings (SSSR count). The Morgan fingerprint density at radius 1 is 1.20 bits per heavy atom. The highest BCUT2D eigenvalue weighted by Gasteiger charge is 2.30. The van der Waals surface area contributed by atoms with Gasteiger partial charge < -0.3 is 25.0 Å². The second kappa shape index (κ2) is 9.93. The number of anilines is 3. The number of hydrogen-bond donors (Lipinski definition) is 3. The third-order valence-electron chi connectivity index (χ3n) is 6.25. The fraction of sp³-hybridized carbons (Fsp3) is 0.462. The van der Waals surface area contributed by atoms with Crippen LogP contribution < -0.4 is 10.6 Å². The number of ether oxygens (including phenoxy) is 1. The molecule has 1 aromatic carbocycles. The number of aromatic carboxylic acids is 1. The van der Waals surface area contributed by atoms with E-state index in [1.165, 1.54) is 6.20 Å². The molecule has 1 saturated carbocycles. The molecule has 0 radical (unpaired) electrons. The number of carboxylic acids is 1. The van der Waals surface area contributed by atoms with Gasteiger partial charge in [0.1, 0.15) is 11.4 Å². The first-order valence-corrected chi connectivity index (χ1v) is 12.0. The van der Waals surface area contributed by atoms with Crippen molar-refractivity contribution in [3.63, 3.8) is 0 Å². The monoisotopic (exact) mass is 479 g/mol. The Hall–Kier alpha value is -3.62. The number of carbonyl (C=O) groups is 2. The van der Waals surface area contributed by atoms with Crippen LogP contribution in [0.15, 0.2) is 36.7 Å². The SMILES string of the molecule is Cn1ccc2c(Nc3nc(N[C@@H]4CCCC[C@@H]4CC(=O)OC(C)(C)C)cnc3C(=O)O)cccc21. The predicted molar refractivity (Wildman–Crippen MR) is 135 cm³/mol. The molecule has 0 amide bonds. The molecule has 186 valence electrons. The van der Waals surface area contributed by atoms with Gasteiger partial charge >= 0.3 is 11.9 Å². The standard InChI is InChI=1S/C26H33N5O4/c1-26(2,3)35-22(32)14-16-8-5-6-9-18(16)28-21-15-27-23(25(33)34)24(30-21)29-19-10-7-11-20-17(19)12-13-31(20)4/h7,10-13,15-16,18H,5-6,8-9,14H2,1-4H3,(H,33,34)(H2,28,29,30)/t16-,18-/m1/s1. The fourth-order valence-electron chi connectivity index (χ4n) is 4.67. The van der Waals surface area contributed by atoms with E-state index in [0.29, 0.717) is 12.2 Å². The van der Waals surface area contributed by atoms with E-state index in [2.05, 4.69) is 20.6 Å². The molecule has 1 aliphatic carbocycles. The Labute approximate surface area is 204 Å². The Kier molecular flexibility index (Phi) is 6.95. The summed E-state index contributed by atoms with van der Waals surface area (Å²) in [5.74, 6) is -0.625. The average Bonchev–Trinajstić information content (AvgIpc) is 3.16. The molecule has 2 aromatic heterocycles. The van der Waals surface area contributed by atoms with Crippen LogP contribution in [-0.2, 0) is 16.6 Å². The Bertz CT molecular complexity index is 1230. The fourth-order valence-corrected chi connectivity index (χ4v) is 4.67. The van der Waals surface area contributed by atoms with Crippen LogP contribution in [0.4, 0.5) is 17.3 Å². The van der Waals surface area contributed by atoms with Crippen LogP contribution in [0.2, 0.25) is 0 Å². The number of nitrogens with zero attached hydrogens (tertiary/aromatic N) is 3. The van der Waals surface area contributed by atoms with E-state index in [0.717, 1.165) is 42.3 Å². The van der Waals surface area contributed by atoms with Crippen LogP contribution in [0.25, 0.3) is 10.9 Å². The third-order valence-corrected chi connectivity index (χ3v) is 6.25. The summed E-state index contributed by atoms with van der Waals surface area (Å²) in [5.41, 5.74) is 1.09. The second-order valence-corrected chi connectivity index (χ2v) is 10.1. The van der Waals surface area contributed by atoms with E-state index in [9.17, 15) is 14.7 Å². The first kappa shape index (κ1) is 24.5. The maximum atomic E-state index is 12.5. The number of nitrogens with one attached hydrogen (secondary N) is 2. The van der Waals surface area contributed by atoms with Gasteiger partial charge in [-0.15, -0.1) is 0 Å². The average molecular weight is 480 g/mol. The van der Waals surface area contributed by atoms with Crippen molar-refractivity contribution in [1.29, 1.82) is 0 Å². The Morgan fingerprint density at radius 3 is 2.71 bits per heavy atom. The highest BCUT2D eigenvalue weighted by atomic mass is 16.6. The lowest BCUT2D eigenvalue weighted by Crippen LogP contribution is -2.35. The highest BCUT2D eigenvalue weighted by Crippen LogP contribution is 2.32. The normalized spacial score (nSPS) is 18.3. The summed E-state index contributed by atoms with van der Waals surface area (Å²) < 4.78 is 7.53. The van der Waals surface area contributed by atoms with Crippen LogP contribution in [0.1, 0.15) is 63.4 Å². The zero-order valence-electron chi connectivity index (χ0n) is 20.7. The Balaban J connectivity index is 1.56. The van der Waals surface area contributed by atoms with E-state index in [1.54, 1.807) is 0 Å². The van der Waals surface area contributed by atoms with E-state index in [4.69, 9.17) is 4.74 Å². The lowest BCUT2D eigenvalue weighted by Gasteiger charge is -2.32. The molecule has 0 saturated heterocycles. The zero-order valence-corrected chi connectivity index (χ0v) is 20.7. The summed E-state index contributed by atoms with van der Waals surface area (Å²) in [5, 5.41) is 17.2. The lowest BCUT2D eigenvalue weighted by molar-refractivity contribution is -0.156. The molecule has 1 aliphatic rings. The maximum Gasteiger partial charge on any atom is 0.358 e. The van der Waals surface area contributed by atoms with Gasteiger partial charge in [-0.3, -0.25) is 4.79 Å². The Morgan fingerprint density at radius 2 is 1.97 bits per heavy atom. The first-order chi connectivity index (χ1) is 16.6. The molecule has 0 unspecified atom stereocenters. The number of carbonyl (C=O) groups excluding carboxylic acids is 1. The molecule has 0 spiro atoms. The summed E-state index contributed by atoms with van der Waals surface area (Å²) >= 11 is 0. The van der Waals surface area contributed by atoms with Gasteiger partial charge in [0.05, 0.1) is 12.6 Å². The van der Waals surface area contributed by atoms with Crippen LogP contribution in [0.5, 0.6) is 0 Å².